The minimum Gasteiger partial charge on any atom is -0.388 e. The van der Waals surface area contributed by atoms with Crippen LogP contribution in [0.25, 0.3) is 10.8 Å². The summed E-state index contributed by atoms with van der Waals surface area (Å²) in [7, 11) is 0. The summed E-state index contributed by atoms with van der Waals surface area (Å²) in [5, 5.41) is 19.1. The van der Waals surface area contributed by atoms with Gasteiger partial charge in [-0.15, -0.1) is 0 Å². The van der Waals surface area contributed by atoms with Crippen LogP contribution in [-0.2, 0) is 0 Å². The van der Waals surface area contributed by atoms with Gasteiger partial charge in [-0.2, -0.15) is 11.3 Å². The highest BCUT2D eigenvalue weighted by Crippen LogP contribution is 2.25. The van der Waals surface area contributed by atoms with Gasteiger partial charge in [0.2, 0.25) is 0 Å². The summed E-state index contributed by atoms with van der Waals surface area (Å²) < 4.78 is 0. The number of carbonyl (C=O) groups excluding carboxylic acids is 1. The van der Waals surface area contributed by atoms with Crippen molar-refractivity contribution in [2.75, 3.05) is 6.54 Å². The van der Waals surface area contributed by atoms with Gasteiger partial charge in [0.1, 0.15) is 0 Å². The standard InChI is InChI=1S/C18H17NO2S/c20-17(8-10-19-18(21)14-9-11-22-12-14)16-7-3-5-13-4-1-2-6-15(13)16/h1-7,9,11-12,17,20H,8,10H2,(H,19,21). The maximum atomic E-state index is 11.9. The van der Waals surface area contributed by atoms with Gasteiger partial charge in [-0.25, -0.2) is 0 Å². The second-order valence-electron chi connectivity index (χ2n) is 5.14. The molecule has 0 radical (unpaired) electrons. The van der Waals surface area contributed by atoms with Crippen LogP contribution in [0.1, 0.15) is 28.4 Å². The number of benzene rings is 2. The van der Waals surface area contributed by atoms with Crippen LogP contribution in [0.4, 0.5) is 0 Å². The summed E-state index contributed by atoms with van der Waals surface area (Å²) in [5.74, 6) is -0.0913. The molecule has 0 bridgehead atoms. The van der Waals surface area contributed by atoms with Gasteiger partial charge in [0.25, 0.3) is 5.91 Å². The van der Waals surface area contributed by atoms with E-state index in [0.717, 1.165) is 16.3 Å². The molecule has 3 rings (SSSR count). The predicted molar refractivity (Wildman–Crippen MR) is 90.2 cm³/mol. The van der Waals surface area contributed by atoms with E-state index in [2.05, 4.69) is 5.32 Å². The molecule has 0 aliphatic heterocycles. The Morgan fingerprint density at radius 1 is 1.14 bits per heavy atom. The van der Waals surface area contributed by atoms with E-state index in [0.29, 0.717) is 18.5 Å². The summed E-state index contributed by atoms with van der Waals surface area (Å²) in [6.45, 7) is 0.444. The van der Waals surface area contributed by atoms with E-state index in [4.69, 9.17) is 0 Å². The highest BCUT2D eigenvalue weighted by Gasteiger charge is 2.12. The number of nitrogens with one attached hydrogen (secondary N) is 1. The predicted octanol–water partition coefficient (Wildman–Crippen LogP) is 3.75. The zero-order valence-corrected chi connectivity index (χ0v) is 12.8. The Labute approximate surface area is 133 Å². The molecule has 0 spiro atoms. The maximum absolute atomic E-state index is 11.9. The summed E-state index contributed by atoms with van der Waals surface area (Å²) >= 11 is 1.50. The summed E-state index contributed by atoms with van der Waals surface area (Å²) in [4.78, 5) is 11.9. The molecule has 0 aliphatic carbocycles. The van der Waals surface area contributed by atoms with Crippen LogP contribution in [-0.4, -0.2) is 17.6 Å². The third-order valence-electron chi connectivity index (χ3n) is 3.67. The molecule has 0 saturated carbocycles. The van der Waals surface area contributed by atoms with Crippen molar-refractivity contribution >= 4 is 28.0 Å². The normalized spacial score (nSPS) is 12.2. The minimum atomic E-state index is -0.589. The van der Waals surface area contributed by atoms with E-state index in [9.17, 15) is 9.90 Å². The fraction of sp³-hybridized carbons (Fsp3) is 0.167. The number of thiophene rings is 1. The number of hydrogen-bond acceptors (Lipinski definition) is 3. The van der Waals surface area contributed by atoms with Crippen LogP contribution < -0.4 is 5.32 Å². The first-order chi connectivity index (χ1) is 10.8. The fourth-order valence-corrected chi connectivity index (χ4v) is 3.15. The first-order valence-corrected chi connectivity index (χ1v) is 8.16. The first-order valence-electron chi connectivity index (χ1n) is 7.22. The van der Waals surface area contributed by atoms with E-state index < -0.39 is 6.10 Å². The number of aliphatic hydroxyl groups excluding tert-OH is 1. The van der Waals surface area contributed by atoms with E-state index in [1.165, 1.54) is 11.3 Å². The molecule has 0 saturated heterocycles. The molecule has 3 nitrogen and oxygen atoms in total. The van der Waals surface area contributed by atoms with Gasteiger partial charge < -0.3 is 10.4 Å². The van der Waals surface area contributed by atoms with Crippen molar-refractivity contribution in [3.63, 3.8) is 0 Å². The van der Waals surface area contributed by atoms with E-state index in [1.54, 1.807) is 6.07 Å². The van der Waals surface area contributed by atoms with Crippen molar-refractivity contribution in [1.29, 1.82) is 0 Å². The zero-order valence-electron chi connectivity index (χ0n) is 12.0. The molecule has 0 fully saturated rings. The number of amides is 1. The number of rotatable bonds is 5. The summed E-state index contributed by atoms with van der Waals surface area (Å²) in [5.41, 5.74) is 1.58. The van der Waals surface area contributed by atoms with Crippen LogP contribution >= 0.6 is 11.3 Å². The molecular weight excluding hydrogens is 294 g/mol. The lowest BCUT2D eigenvalue weighted by Crippen LogP contribution is -2.25. The zero-order chi connectivity index (χ0) is 15.4. The van der Waals surface area contributed by atoms with Gasteiger partial charge in [-0.05, 0) is 34.2 Å². The number of carbonyl (C=O) groups is 1. The highest BCUT2D eigenvalue weighted by molar-refractivity contribution is 7.08. The van der Waals surface area contributed by atoms with Crippen LogP contribution in [0.3, 0.4) is 0 Å². The maximum Gasteiger partial charge on any atom is 0.252 e. The lowest BCUT2D eigenvalue weighted by atomic mass is 9.99. The Hall–Kier alpha value is -2.17. The van der Waals surface area contributed by atoms with E-state index in [-0.39, 0.29) is 5.91 Å². The first kappa shape index (κ1) is 14.8. The van der Waals surface area contributed by atoms with Gasteiger partial charge in [-0.1, -0.05) is 42.5 Å². The minimum absolute atomic E-state index is 0.0913. The topological polar surface area (TPSA) is 49.3 Å². The third kappa shape index (κ3) is 3.18. The summed E-state index contributed by atoms with van der Waals surface area (Å²) in [6, 6.07) is 15.7. The Bertz CT molecular complexity index is 762. The fourth-order valence-electron chi connectivity index (χ4n) is 2.51. The summed E-state index contributed by atoms with van der Waals surface area (Å²) in [6.07, 6.45) is -0.0990. The third-order valence-corrected chi connectivity index (χ3v) is 4.35. The number of hydrogen-bond donors (Lipinski definition) is 2. The van der Waals surface area contributed by atoms with Crippen LogP contribution in [0.5, 0.6) is 0 Å². The Kier molecular flexibility index (Phi) is 4.51. The molecule has 0 aliphatic rings. The van der Waals surface area contributed by atoms with Crippen molar-refractivity contribution in [2.24, 2.45) is 0 Å². The van der Waals surface area contributed by atoms with Crippen LogP contribution in [0.15, 0.2) is 59.3 Å². The molecule has 2 aromatic carbocycles. The van der Waals surface area contributed by atoms with Crippen molar-refractivity contribution in [3.8, 4) is 0 Å². The van der Waals surface area contributed by atoms with Crippen LogP contribution in [0, 0.1) is 0 Å². The number of aliphatic hydroxyl groups is 1. The molecule has 1 unspecified atom stereocenters. The van der Waals surface area contributed by atoms with Gasteiger partial charge in [0.15, 0.2) is 0 Å². The average molecular weight is 311 g/mol. The Morgan fingerprint density at radius 2 is 1.95 bits per heavy atom. The molecule has 4 heteroatoms. The molecule has 112 valence electrons. The Balaban J connectivity index is 1.64. The lowest BCUT2D eigenvalue weighted by molar-refractivity contribution is 0.0943. The van der Waals surface area contributed by atoms with Gasteiger partial charge >= 0.3 is 0 Å². The largest absolute Gasteiger partial charge is 0.388 e. The molecule has 22 heavy (non-hydrogen) atoms. The molecule has 1 aromatic heterocycles. The molecule has 2 N–H and O–H groups in total. The van der Waals surface area contributed by atoms with Gasteiger partial charge in [0, 0.05) is 17.5 Å². The van der Waals surface area contributed by atoms with Crippen molar-refractivity contribution in [1.82, 2.24) is 5.32 Å². The smallest absolute Gasteiger partial charge is 0.252 e. The van der Waals surface area contributed by atoms with Crippen molar-refractivity contribution in [2.45, 2.75) is 12.5 Å². The van der Waals surface area contributed by atoms with Gasteiger partial charge in [-0.3, -0.25) is 4.79 Å². The van der Waals surface area contributed by atoms with Crippen molar-refractivity contribution < 1.29 is 9.90 Å². The van der Waals surface area contributed by atoms with Crippen LogP contribution in [0.2, 0.25) is 0 Å². The van der Waals surface area contributed by atoms with E-state index in [1.807, 2.05) is 53.2 Å². The SMILES string of the molecule is O=C(NCCC(O)c1cccc2ccccc12)c1ccsc1. The van der Waals surface area contributed by atoms with Crippen molar-refractivity contribution in [3.05, 3.63) is 70.4 Å². The molecular formula is C18H17NO2S. The number of fused-ring (bicyclic) bond motifs is 1. The quantitative estimate of drug-likeness (QED) is 0.754. The monoisotopic (exact) mass is 311 g/mol. The lowest BCUT2D eigenvalue weighted by Gasteiger charge is -2.14. The second kappa shape index (κ2) is 6.73. The van der Waals surface area contributed by atoms with Gasteiger partial charge in [0.05, 0.1) is 6.10 Å². The molecule has 1 amide bonds. The molecule has 3 aromatic rings. The second-order valence-corrected chi connectivity index (χ2v) is 5.92. The molecule has 1 atom stereocenters. The Morgan fingerprint density at radius 3 is 2.77 bits per heavy atom. The molecule has 1 heterocycles. The highest BCUT2D eigenvalue weighted by atomic mass is 32.1. The average Bonchev–Trinajstić information content (AvgIpc) is 3.08. The van der Waals surface area contributed by atoms with E-state index >= 15 is 0 Å².